The second kappa shape index (κ2) is 4.93. The lowest BCUT2D eigenvalue weighted by Gasteiger charge is -2.09. The molecule has 1 heterocycles. The average Bonchev–Trinajstić information content (AvgIpc) is 2.70. The third-order valence-corrected chi connectivity index (χ3v) is 2.48. The van der Waals surface area contributed by atoms with Crippen LogP contribution in [-0.4, -0.2) is 21.2 Å². The van der Waals surface area contributed by atoms with Gasteiger partial charge in [0.15, 0.2) is 0 Å². The number of ether oxygens (including phenoxy) is 1. The molecule has 0 aliphatic heterocycles. The molecule has 2 rings (SSSR count). The van der Waals surface area contributed by atoms with Crippen molar-refractivity contribution >= 4 is 0 Å². The van der Waals surface area contributed by atoms with E-state index in [0.717, 1.165) is 0 Å². The molecule has 0 saturated carbocycles. The van der Waals surface area contributed by atoms with Gasteiger partial charge in [0.2, 0.25) is 0 Å². The first-order valence-electron chi connectivity index (χ1n) is 5.39. The molecule has 1 aromatic heterocycles. The summed E-state index contributed by atoms with van der Waals surface area (Å²) in [6.07, 6.45) is -4.70. The van der Waals surface area contributed by atoms with Crippen LogP contribution in [0.5, 0.6) is 5.75 Å². The number of benzene rings is 1. The van der Waals surface area contributed by atoms with Crippen LogP contribution < -0.4 is 4.74 Å². The summed E-state index contributed by atoms with van der Waals surface area (Å²) in [6.45, 7) is -0.191. The van der Waals surface area contributed by atoms with Gasteiger partial charge in [-0.05, 0) is 30.3 Å². The summed E-state index contributed by atoms with van der Waals surface area (Å²) >= 11 is 0. The largest absolute Gasteiger partial charge is 0.573 e. The smallest absolute Gasteiger partial charge is 0.406 e. The van der Waals surface area contributed by atoms with Gasteiger partial charge in [0.1, 0.15) is 5.75 Å². The number of nitrogens with zero attached hydrogens (tertiary/aromatic N) is 2. The van der Waals surface area contributed by atoms with E-state index in [1.807, 2.05) is 0 Å². The maximum Gasteiger partial charge on any atom is 0.573 e. The lowest BCUT2D eigenvalue weighted by molar-refractivity contribution is -0.274. The van der Waals surface area contributed by atoms with Gasteiger partial charge >= 0.3 is 6.36 Å². The van der Waals surface area contributed by atoms with Gasteiger partial charge in [0.25, 0.3) is 0 Å². The molecule has 4 nitrogen and oxygen atoms in total. The molecule has 0 bridgehead atoms. The summed E-state index contributed by atoms with van der Waals surface area (Å²) in [4.78, 5) is 0. The minimum absolute atomic E-state index is 0.191. The van der Waals surface area contributed by atoms with E-state index in [2.05, 4.69) is 9.84 Å². The SMILES string of the molecule is Cn1nc(CO)cc1-c1ccc(OC(F)(F)F)cc1. The van der Waals surface area contributed by atoms with Gasteiger partial charge in [-0.3, -0.25) is 4.68 Å². The number of aliphatic hydroxyl groups is 1. The van der Waals surface area contributed by atoms with Crippen LogP contribution in [0, 0.1) is 0 Å². The van der Waals surface area contributed by atoms with Crippen molar-refractivity contribution in [2.75, 3.05) is 0 Å². The number of rotatable bonds is 3. The van der Waals surface area contributed by atoms with Crippen molar-refractivity contribution in [1.29, 1.82) is 0 Å². The van der Waals surface area contributed by atoms with E-state index in [-0.39, 0.29) is 12.4 Å². The summed E-state index contributed by atoms with van der Waals surface area (Å²) in [6, 6.07) is 7.13. The van der Waals surface area contributed by atoms with Crippen molar-refractivity contribution < 1.29 is 23.0 Å². The molecule has 0 amide bonds. The van der Waals surface area contributed by atoms with Crippen LogP contribution >= 0.6 is 0 Å². The molecule has 2 aromatic rings. The topological polar surface area (TPSA) is 47.3 Å². The number of aliphatic hydroxyl groups excluding tert-OH is 1. The van der Waals surface area contributed by atoms with Crippen LogP contribution in [-0.2, 0) is 13.7 Å². The molecule has 0 spiro atoms. The fourth-order valence-electron chi connectivity index (χ4n) is 1.70. The van der Waals surface area contributed by atoms with E-state index in [1.54, 1.807) is 17.8 Å². The van der Waals surface area contributed by atoms with Gasteiger partial charge in [-0.2, -0.15) is 5.10 Å². The maximum atomic E-state index is 12.0. The number of aryl methyl sites for hydroxylation is 1. The van der Waals surface area contributed by atoms with Crippen LogP contribution in [0.1, 0.15) is 5.69 Å². The van der Waals surface area contributed by atoms with Crippen molar-refractivity contribution in [3.8, 4) is 17.0 Å². The molecule has 0 aliphatic rings. The minimum atomic E-state index is -4.70. The fourth-order valence-corrected chi connectivity index (χ4v) is 1.70. The Morgan fingerprint density at radius 2 is 1.89 bits per heavy atom. The molecule has 0 fully saturated rings. The summed E-state index contributed by atoms with van der Waals surface area (Å²) in [7, 11) is 1.69. The zero-order valence-electron chi connectivity index (χ0n) is 9.98. The Kier molecular flexibility index (Phi) is 3.48. The van der Waals surface area contributed by atoms with Crippen LogP contribution in [0.4, 0.5) is 13.2 Å². The van der Waals surface area contributed by atoms with Crippen LogP contribution in [0.3, 0.4) is 0 Å². The molecular weight excluding hydrogens is 261 g/mol. The Balaban J connectivity index is 2.24. The van der Waals surface area contributed by atoms with Crippen LogP contribution in [0.25, 0.3) is 11.3 Å². The van der Waals surface area contributed by atoms with Gasteiger partial charge < -0.3 is 9.84 Å². The minimum Gasteiger partial charge on any atom is -0.406 e. The molecule has 102 valence electrons. The number of halogens is 3. The van der Waals surface area contributed by atoms with Gasteiger partial charge in [-0.15, -0.1) is 13.2 Å². The van der Waals surface area contributed by atoms with Gasteiger partial charge in [-0.25, -0.2) is 0 Å². The summed E-state index contributed by atoms with van der Waals surface area (Å²) in [5.41, 5.74) is 1.87. The lowest BCUT2D eigenvalue weighted by atomic mass is 10.1. The molecule has 0 saturated heterocycles. The van der Waals surface area contributed by atoms with Crippen LogP contribution in [0.15, 0.2) is 30.3 Å². The maximum absolute atomic E-state index is 12.0. The number of hydrogen-bond acceptors (Lipinski definition) is 3. The van der Waals surface area contributed by atoms with Crippen molar-refractivity contribution in [2.45, 2.75) is 13.0 Å². The van der Waals surface area contributed by atoms with E-state index in [9.17, 15) is 13.2 Å². The normalized spacial score (nSPS) is 11.6. The Morgan fingerprint density at radius 1 is 1.26 bits per heavy atom. The third kappa shape index (κ3) is 3.25. The first-order chi connectivity index (χ1) is 8.89. The molecule has 1 N–H and O–H groups in total. The predicted octanol–water partition coefficient (Wildman–Crippen LogP) is 2.48. The Bertz CT molecular complexity index is 561. The Morgan fingerprint density at radius 3 is 2.37 bits per heavy atom. The van der Waals surface area contributed by atoms with E-state index < -0.39 is 6.36 Å². The van der Waals surface area contributed by atoms with Gasteiger partial charge in [-0.1, -0.05) is 0 Å². The van der Waals surface area contributed by atoms with Gasteiger partial charge in [0, 0.05) is 12.6 Å². The number of alkyl halides is 3. The zero-order chi connectivity index (χ0) is 14.0. The summed E-state index contributed by atoms with van der Waals surface area (Å²) < 4.78 is 41.4. The molecule has 0 radical (unpaired) electrons. The average molecular weight is 272 g/mol. The van der Waals surface area contributed by atoms with Crippen molar-refractivity contribution in [3.63, 3.8) is 0 Å². The highest BCUT2D eigenvalue weighted by molar-refractivity contribution is 5.61. The number of hydrogen-bond donors (Lipinski definition) is 1. The second-order valence-electron chi connectivity index (χ2n) is 3.87. The lowest BCUT2D eigenvalue weighted by Crippen LogP contribution is -2.16. The van der Waals surface area contributed by atoms with E-state index >= 15 is 0 Å². The molecule has 0 aliphatic carbocycles. The standard InChI is InChI=1S/C12H11F3N2O2/c1-17-11(6-9(7-18)16-17)8-2-4-10(5-3-8)19-12(13,14)15/h2-6,18H,7H2,1H3. The third-order valence-electron chi connectivity index (χ3n) is 2.48. The van der Waals surface area contributed by atoms with E-state index in [0.29, 0.717) is 17.0 Å². The highest BCUT2D eigenvalue weighted by Crippen LogP contribution is 2.26. The Hall–Kier alpha value is -2.02. The van der Waals surface area contributed by atoms with Crippen molar-refractivity contribution in [2.24, 2.45) is 7.05 Å². The van der Waals surface area contributed by atoms with Crippen molar-refractivity contribution in [3.05, 3.63) is 36.0 Å². The molecule has 0 atom stereocenters. The monoisotopic (exact) mass is 272 g/mol. The molecular formula is C12H11F3N2O2. The van der Waals surface area contributed by atoms with Crippen molar-refractivity contribution in [1.82, 2.24) is 9.78 Å². The van der Waals surface area contributed by atoms with E-state index in [1.165, 1.54) is 24.3 Å². The summed E-state index contributed by atoms with van der Waals surface area (Å²) in [5, 5.41) is 13.0. The van der Waals surface area contributed by atoms with Gasteiger partial charge in [0.05, 0.1) is 18.0 Å². The summed E-state index contributed by atoms with van der Waals surface area (Å²) in [5.74, 6) is -0.277. The highest BCUT2D eigenvalue weighted by Gasteiger charge is 2.30. The molecule has 1 aromatic carbocycles. The van der Waals surface area contributed by atoms with Crippen LogP contribution in [0.2, 0.25) is 0 Å². The van der Waals surface area contributed by atoms with E-state index in [4.69, 9.17) is 5.11 Å². The molecule has 7 heteroatoms. The number of aromatic nitrogens is 2. The Labute approximate surface area is 107 Å². The first kappa shape index (κ1) is 13.4. The fraction of sp³-hybridized carbons (Fsp3) is 0.250. The second-order valence-corrected chi connectivity index (χ2v) is 3.87. The molecule has 19 heavy (non-hydrogen) atoms. The quantitative estimate of drug-likeness (QED) is 0.933. The highest BCUT2D eigenvalue weighted by atomic mass is 19.4. The molecule has 0 unspecified atom stereocenters. The predicted molar refractivity (Wildman–Crippen MR) is 61.2 cm³/mol. The zero-order valence-corrected chi connectivity index (χ0v) is 9.98. The first-order valence-corrected chi connectivity index (χ1v) is 5.39.